The summed E-state index contributed by atoms with van der Waals surface area (Å²) in [5.74, 6) is 2.64. The van der Waals surface area contributed by atoms with Crippen molar-refractivity contribution in [3.05, 3.63) is 0 Å². The number of hydrogen-bond acceptors (Lipinski definition) is 2. The summed E-state index contributed by atoms with van der Waals surface area (Å²) in [7, 11) is 0. The summed E-state index contributed by atoms with van der Waals surface area (Å²) in [6.07, 6.45) is 0. The van der Waals surface area contributed by atoms with Crippen molar-refractivity contribution in [2.75, 3.05) is 11.5 Å². The SMILES string of the molecule is CC(C)NC1CSC1. The van der Waals surface area contributed by atoms with Gasteiger partial charge < -0.3 is 5.32 Å². The summed E-state index contributed by atoms with van der Waals surface area (Å²) >= 11 is 2.02. The van der Waals surface area contributed by atoms with Crippen LogP contribution < -0.4 is 5.32 Å². The van der Waals surface area contributed by atoms with E-state index in [1.807, 2.05) is 11.8 Å². The van der Waals surface area contributed by atoms with Crippen molar-refractivity contribution in [1.82, 2.24) is 5.32 Å². The summed E-state index contributed by atoms with van der Waals surface area (Å²) < 4.78 is 0. The van der Waals surface area contributed by atoms with Crippen molar-refractivity contribution in [1.29, 1.82) is 0 Å². The van der Waals surface area contributed by atoms with Gasteiger partial charge in [-0.05, 0) is 0 Å². The second kappa shape index (κ2) is 2.74. The molecule has 0 atom stereocenters. The molecule has 0 aromatic heterocycles. The lowest BCUT2D eigenvalue weighted by Crippen LogP contribution is -2.43. The molecule has 0 aliphatic carbocycles. The number of thioether (sulfide) groups is 1. The maximum Gasteiger partial charge on any atom is 0.0251 e. The van der Waals surface area contributed by atoms with Gasteiger partial charge in [0.15, 0.2) is 0 Å². The second-order valence-electron chi connectivity index (χ2n) is 2.56. The summed E-state index contributed by atoms with van der Waals surface area (Å²) in [5.41, 5.74) is 0. The third-order valence-corrected chi connectivity index (χ3v) is 2.48. The van der Waals surface area contributed by atoms with Crippen molar-refractivity contribution in [3.8, 4) is 0 Å². The average molecular weight is 131 g/mol. The van der Waals surface area contributed by atoms with Gasteiger partial charge in [-0.15, -0.1) is 0 Å². The number of nitrogens with one attached hydrogen (secondary N) is 1. The minimum Gasteiger partial charge on any atom is -0.310 e. The Morgan fingerprint density at radius 2 is 2.12 bits per heavy atom. The molecule has 1 heterocycles. The van der Waals surface area contributed by atoms with Gasteiger partial charge in [0.1, 0.15) is 0 Å². The van der Waals surface area contributed by atoms with Crippen LogP contribution in [-0.4, -0.2) is 23.6 Å². The molecule has 0 unspecified atom stereocenters. The van der Waals surface area contributed by atoms with E-state index in [-0.39, 0.29) is 0 Å². The largest absolute Gasteiger partial charge is 0.310 e. The lowest BCUT2D eigenvalue weighted by atomic mass is 10.3. The summed E-state index contributed by atoms with van der Waals surface area (Å²) in [5, 5.41) is 3.46. The van der Waals surface area contributed by atoms with Gasteiger partial charge in [-0.3, -0.25) is 0 Å². The van der Waals surface area contributed by atoms with E-state index in [1.165, 1.54) is 11.5 Å². The van der Waals surface area contributed by atoms with Crippen LogP contribution in [0, 0.1) is 0 Å². The molecular formula is C6H13NS. The smallest absolute Gasteiger partial charge is 0.0251 e. The zero-order valence-corrected chi connectivity index (χ0v) is 6.29. The van der Waals surface area contributed by atoms with Gasteiger partial charge in [0, 0.05) is 23.6 Å². The Morgan fingerprint density at radius 3 is 2.25 bits per heavy atom. The van der Waals surface area contributed by atoms with E-state index >= 15 is 0 Å². The summed E-state index contributed by atoms with van der Waals surface area (Å²) in [6, 6.07) is 1.49. The van der Waals surface area contributed by atoms with Gasteiger partial charge in [-0.2, -0.15) is 11.8 Å². The van der Waals surface area contributed by atoms with E-state index in [4.69, 9.17) is 0 Å². The molecule has 0 aromatic rings. The van der Waals surface area contributed by atoms with Crippen LogP contribution in [0.15, 0.2) is 0 Å². The highest BCUT2D eigenvalue weighted by atomic mass is 32.2. The Hall–Kier alpha value is 0.310. The van der Waals surface area contributed by atoms with Crippen molar-refractivity contribution in [2.45, 2.75) is 25.9 Å². The maximum absolute atomic E-state index is 3.46. The highest BCUT2D eigenvalue weighted by molar-refractivity contribution is 8.00. The average Bonchev–Trinajstić information content (AvgIpc) is 1.55. The first-order valence-corrected chi connectivity index (χ1v) is 4.28. The minimum absolute atomic E-state index is 0.668. The molecule has 0 amide bonds. The van der Waals surface area contributed by atoms with E-state index in [2.05, 4.69) is 19.2 Å². The third-order valence-electron chi connectivity index (χ3n) is 1.21. The van der Waals surface area contributed by atoms with Gasteiger partial charge >= 0.3 is 0 Å². The Bertz CT molecular complexity index is 68.9. The molecule has 0 radical (unpaired) electrons. The fraction of sp³-hybridized carbons (Fsp3) is 1.00. The van der Waals surface area contributed by atoms with Crippen molar-refractivity contribution >= 4 is 11.8 Å². The molecule has 0 aromatic carbocycles. The molecule has 1 aliphatic rings. The van der Waals surface area contributed by atoms with E-state index < -0.39 is 0 Å². The molecular weight excluding hydrogens is 118 g/mol. The Labute approximate surface area is 55.2 Å². The monoisotopic (exact) mass is 131 g/mol. The maximum atomic E-state index is 3.46. The zero-order valence-electron chi connectivity index (χ0n) is 5.48. The first-order chi connectivity index (χ1) is 3.79. The van der Waals surface area contributed by atoms with Crippen LogP contribution in [0.3, 0.4) is 0 Å². The van der Waals surface area contributed by atoms with Crippen LogP contribution in [0.5, 0.6) is 0 Å². The van der Waals surface area contributed by atoms with Crippen LogP contribution in [0.1, 0.15) is 13.8 Å². The predicted octanol–water partition coefficient (Wildman–Crippen LogP) is 1.10. The van der Waals surface area contributed by atoms with E-state index in [9.17, 15) is 0 Å². The van der Waals surface area contributed by atoms with Gasteiger partial charge in [0.05, 0.1) is 0 Å². The van der Waals surface area contributed by atoms with Gasteiger partial charge in [-0.1, -0.05) is 13.8 Å². The number of hydrogen-bond donors (Lipinski definition) is 1. The van der Waals surface area contributed by atoms with E-state index in [0.29, 0.717) is 6.04 Å². The highest BCUT2D eigenvalue weighted by Crippen LogP contribution is 2.17. The van der Waals surface area contributed by atoms with Gasteiger partial charge in [0.25, 0.3) is 0 Å². The molecule has 0 spiro atoms. The van der Waals surface area contributed by atoms with Crippen LogP contribution in [-0.2, 0) is 0 Å². The first kappa shape index (κ1) is 6.43. The molecule has 2 heteroatoms. The van der Waals surface area contributed by atoms with Crippen LogP contribution in [0.2, 0.25) is 0 Å². The highest BCUT2D eigenvalue weighted by Gasteiger charge is 2.17. The molecule has 1 saturated heterocycles. The van der Waals surface area contributed by atoms with E-state index in [1.54, 1.807) is 0 Å². The first-order valence-electron chi connectivity index (χ1n) is 3.13. The van der Waals surface area contributed by atoms with Crippen molar-refractivity contribution in [3.63, 3.8) is 0 Å². The van der Waals surface area contributed by atoms with Crippen LogP contribution >= 0.6 is 11.8 Å². The predicted molar refractivity (Wildman–Crippen MR) is 39.4 cm³/mol. The topological polar surface area (TPSA) is 12.0 Å². The lowest BCUT2D eigenvalue weighted by Gasteiger charge is -2.27. The molecule has 0 saturated carbocycles. The van der Waals surface area contributed by atoms with Crippen molar-refractivity contribution in [2.24, 2.45) is 0 Å². The molecule has 1 aliphatic heterocycles. The lowest BCUT2D eigenvalue weighted by molar-refractivity contribution is 0.514. The molecule has 1 rings (SSSR count). The van der Waals surface area contributed by atoms with Crippen LogP contribution in [0.4, 0.5) is 0 Å². The minimum atomic E-state index is 0.668. The van der Waals surface area contributed by atoms with Gasteiger partial charge in [0.2, 0.25) is 0 Å². The Morgan fingerprint density at radius 1 is 1.50 bits per heavy atom. The molecule has 48 valence electrons. The Balaban J connectivity index is 2.01. The fourth-order valence-electron chi connectivity index (χ4n) is 0.803. The molecule has 1 fully saturated rings. The molecule has 0 bridgehead atoms. The standard InChI is InChI=1S/C6H13NS/c1-5(2)7-6-3-8-4-6/h5-7H,3-4H2,1-2H3. The molecule has 1 nitrogen and oxygen atoms in total. The quantitative estimate of drug-likeness (QED) is 0.602. The van der Waals surface area contributed by atoms with Crippen LogP contribution in [0.25, 0.3) is 0 Å². The summed E-state index contributed by atoms with van der Waals surface area (Å²) in [6.45, 7) is 4.39. The molecule has 8 heavy (non-hydrogen) atoms. The van der Waals surface area contributed by atoms with Gasteiger partial charge in [-0.25, -0.2) is 0 Å². The Kier molecular flexibility index (Phi) is 2.20. The normalized spacial score (nSPS) is 21.4. The number of rotatable bonds is 2. The fourth-order valence-corrected chi connectivity index (χ4v) is 1.47. The van der Waals surface area contributed by atoms with E-state index in [0.717, 1.165) is 6.04 Å². The summed E-state index contributed by atoms with van der Waals surface area (Å²) in [4.78, 5) is 0. The third kappa shape index (κ3) is 1.67. The zero-order chi connectivity index (χ0) is 5.98. The second-order valence-corrected chi connectivity index (χ2v) is 3.63. The molecule has 1 N–H and O–H groups in total. The van der Waals surface area contributed by atoms with Crippen molar-refractivity contribution < 1.29 is 0 Å².